The quantitative estimate of drug-likeness (QED) is 0.586. The highest BCUT2D eigenvalue weighted by atomic mass is 16.1. The minimum Gasteiger partial charge on any atom is -0.370 e. The van der Waals surface area contributed by atoms with E-state index in [0.717, 1.165) is 6.42 Å². The summed E-state index contributed by atoms with van der Waals surface area (Å²) in [7, 11) is 0. The Morgan fingerprint density at radius 2 is 2.50 bits per heavy atom. The monoisotopic (exact) mass is 117 g/mol. The maximum atomic E-state index is 10.4. The average molecular weight is 117 g/mol. The van der Waals surface area contributed by atoms with E-state index in [0.29, 0.717) is 12.3 Å². The first-order valence-corrected chi connectivity index (χ1v) is 2.87. The van der Waals surface area contributed by atoms with Gasteiger partial charge in [0.05, 0.1) is 0 Å². The number of rotatable bonds is 3. The van der Waals surface area contributed by atoms with Crippen molar-refractivity contribution >= 4 is 5.91 Å². The molecule has 48 valence electrons. The molecule has 0 spiro atoms. The molecule has 8 heavy (non-hydrogen) atoms. The van der Waals surface area contributed by atoms with Crippen LogP contribution in [0.15, 0.2) is 0 Å². The largest absolute Gasteiger partial charge is 0.370 e. The van der Waals surface area contributed by atoms with E-state index >= 15 is 0 Å². The van der Waals surface area contributed by atoms with Crippen LogP contribution in [0.1, 0.15) is 26.7 Å². The number of carbonyl (C=O) groups is 1. The molecule has 0 unspecified atom stereocenters. The summed E-state index contributed by atoms with van der Waals surface area (Å²) in [5.74, 6) is 0.353. The predicted octanol–water partition coefficient (Wildman–Crippen LogP) is 0.908. The van der Waals surface area contributed by atoms with Crippen LogP contribution in [0.2, 0.25) is 1.41 Å². The lowest BCUT2D eigenvalue weighted by atomic mass is 10.1. The second-order valence-corrected chi connectivity index (χ2v) is 2.36. The van der Waals surface area contributed by atoms with E-state index in [1.807, 2.05) is 5.73 Å². The normalized spacial score (nSPS) is 11.1. The Labute approximate surface area is 51.5 Å². The summed E-state index contributed by atoms with van der Waals surface area (Å²) in [5.41, 5.74) is 1.83. The molecular weight excluding hydrogens is 102 g/mol. The Hall–Kier alpha value is -0.530. The summed E-state index contributed by atoms with van der Waals surface area (Å²) in [6.07, 6.45) is 1.34. The molecule has 0 fully saturated rings. The van der Waals surface area contributed by atoms with E-state index in [-0.39, 0.29) is 5.91 Å². The minimum atomic E-state index is -0.191. The highest BCUT2D eigenvalue weighted by Gasteiger charge is 1.96. The number of primary amides is 1. The third-order valence-corrected chi connectivity index (χ3v) is 0.949. The van der Waals surface area contributed by atoms with Crippen LogP contribution in [-0.4, -0.2) is 5.91 Å². The van der Waals surface area contributed by atoms with Gasteiger partial charge in [-0.3, -0.25) is 4.79 Å². The number of amides is 1. The van der Waals surface area contributed by atoms with E-state index < -0.39 is 0 Å². The van der Waals surface area contributed by atoms with Crippen LogP contribution >= 0.6 is 0 Å². The molecule has 0 aromatic rings. The molecule has 0 heterocycles. The molecule has 0 rings (SSSR count). The van der Waals surface area contributed by atoms with Crippen LogP contribution < -0.4 is 5.73 Å². The summed E-state index contributed by atoms with van der Waals surface area (Å²) in [6, 6.07) is 0. The zero-order chi connectivity index (χ0) is 7.28. The Kier molecular flexibility index (Phi) is 2.43. The van der Waals surface area contributed by atoms with Crippen molar-refractivity contribution in [1.29, 1.82) is 0 Å². The van der Waals surface area contributed by atoms with Gasteiger partial charge in [-0.15, -0.1) is 0 Å². The lowest BCUT2D eigenvalue weighted by molar-refractivity contribution is -0.118. The second-order valence-electron chi connectivity index (χ2n) is 2.36. The molecule has 0 bridgehead atoms. The second kappa shape index (κ2) is 3.47. The van der Waals surface area contributed by atoms with Gasteiger partial charge in [0.2, 0.25) is 5.91 Å². The Morgan fingerprint density at radius 1 is 1.88 bits per heavy atom. The van der Waals surface area contributed by atoms with Gasteiger partial charge in [-0.05, 0) is 12.3 Å². The van der Waals surface area contributed by atoms with Crippen molar-refractivity contribution in [1.82, 2.24) is 0 Å². The molecule has 0 saturated heterocycles. The van der Waals surface area contributed by atoms with Gasteiger partial charge in [0, 0.05) is 6.42 Å². The van der Waals surface area contributed by atoms with Crippen molar-refractivity contribution in [3.05, 3.63) is 0 Å². The summed E-state index contributed by atoms with van der Waals surface area (Å²) in [5, 5.41) is 0. The standard InChI is InChI=1S/C6H13NO/c1-5(2)3-4-6(7)8/h5H,3-4H2,1-2H3,(H2,7,8)/i/hT. The number of nitrogens with two attached hydrogens (primary N) is 1. The maximum absolute atomic E-state index is 10.4. The fraction of sp³-hybridized carbons (Fsp3) is 0.833. The lowest BCUT2D eigenvalue weighted by Crippen LogP contribution is -2.10. The third-order valence-electron chi connectivity index (χ3n) is 0.949. The van der Waals surface area contributed by atoms with Crippen LogP contribution in [0.5, 0.6) is 0 Å². The van der Waals surface area contributed by atoms with Gasteiger partial charge in [-0.2, -0.15) is 0 Å². The van der Waals surface area contributed by atoms with E-state index in [1.54, 1.807) is 0 Å². The zero-order valence-corrected chi connectivity index (χ0v) is 5.40. The lowest BCUT2D eigenvalue weighted by Gasteiger charge is -1.98. The Balaban J connectivity index is 3.17. The predicted molar refractivity (Wildman–Crippen MR) is 33.3 cm³/mol. The van der Waals surface area contributed by atoms with Crippen molar-refractivity contribution in [3.63, 3.8) is 0 Å². The molecule has 0 radical (unpaired) electrons. The number of carbonyl (C=O) groups excluding carboxylic acids is 1. The molecule has 0 aliphatic rings. The number of hydrogen-bond donors (Lipinski definition) is 1. The van der Waals surface area contributed by atoms with Crippen LogP contribution in [0, 0.1) is 5.92 Å². The van der Waals surface area contributed by atoms with Crippen LogP contribution in [-0.2, 0) is 4.79 Å². The van der Waals surface area contributed by atoms with E-state index in [2.05, 4.69) is 13.8 Å². The first-order chi connectivity index (χ1) is 4.16. The average Bonchev–Trinajstić information content (AvgIpc) is 1.83. The molecule has 0 atom stereocenters. The van der Waals surface area contributed by atoms with E-state index in [4.69, 9.17) is 1.41 Å². The topological polar surface area (TPSA) is 43.1 Å². The van der Waals surface area contributed by atoms with Gasteiger partial charge >= 0.3 is 0 Å². The summed E-state index contributed by atoms with van der Waals surface area (Å²) in [6.45, 7) is 4.11. The molecule has 0 aliphatic heterocycles. The molecule has 2 N–H and O–H groups in total. The minimum absolute atomic E-state index is 0.191. The fourth-order valence-corrected chi connectivity index (χ4v) is 0.420. The zero-order valence-electron chi connectivity index (χ0n) is 6.40. The van der Waals surface area contributed by atoms with Gasteiger partial charge in [0.15, 0.2) is 1.41 Å². The molecule has 0 aliphatic carbocycles. The SMILES string of the molecule is [3H]NC(=O)CCC(C)C. The summed E-state index contributed by atoms with van der Waals surface area (Å²) in [4.78, 5) is 10.4. The molecule has 2 heteroatoms. The van der Waals surface area contributed by atoms with E-state index in [1.165, 1.54) is 0 Å². The Morgan fingerprint density at radius 3 is 2.88 bits per heavy atom. The first kappa shape index (κ1) is 5.60. The molecule has 2 nitrogen and oxygen atoms in total. The maximum Gasteiger partial charge on any atom is 0.217 e. The van der Waals surface area contributed by atoms with Crippen molar-refractivity contribution in [2.24, 2.45) is 11.6 Å². The Bertz CT molecular complexity index is 93.1. The van der Waals surface area contributed by atoms with Gasteiger partial charge in [-0.1, -0.05) is 13.8 Å². The van der Waals surface area contributed by atoms with Crippen LogP contribution in [0.4, 0.5) is 0 Å². The van der Waals surface area contributed by atoms with Gasteiger partial charge in [0.25, 0.3) is 0 Å². The molecular formula is C6H13NO. The van der Waals surface area contributed by atoms with Crippen molar-refractivity contribution in [3.8, 4) is 0 Å². The van der Waals surface area contributed by atoms with E-state index in [9.17, 15) is 4.79 Å². The number of hydrogen-bond acceptors (Lipinski definition) is 1. The molecule has 1 amide bonds. The molecule has 0 aromatic carbocycles. The molecule has 0 saturated carbocycles. The van der Waals surface area contributed by atoms with Gasteiger partial charge in [0.1, 0.15) is 0 Å². The summed E-state index contributed by atoms with van der Waals surface area (Å²) < 4.78 is 6.45. The fourth-order valence-electron chi connectivity index (χ4n) is 0.420. The highest BCUT2D eigenvalue weighted by Crippen LogP contribution is 2.01. The summed E-state index contributed by atoms with van der Waals surface area (Å²) >= 11 is 0. The highest BCUT2D eigenvalue weighted by molar-refractivity contribution is 5.73. The van der Waals surface area contributed by atoms with Crippen LogP contribution in [0.25, 0.3) is 0 Å². The van der Waals surface area contributed by atoms with Gasteiger partial charge < -0.3 is 5.73 Å². The van der Waals surface area contributed by atoms with Crippen molar-refractivity contribution < 1.29 is 6.21 Å². The van der Waals surface area contributed by atoms with Crippen LogP contribution in [0.3, 0.4) is 0 Å². The molecule has 0 aromatic heterocycles. The van der Waals surface area contributed by atoms with Gasteiger partial charge in [-0.25, -0.2) is 0 Å². The van der Waals surface area contributed by atoms with Crippen molar-refractivity contribution in [2.45, 2.75) is 26.7 Å². The first-order valence-electron chi connectivity index (χ1n) is 3.37. The third kappa shape index (κ3) is 5.47. The van der Waals surface area contributed by atoms with Crippen molar-refractivity contribution in [2.75, 3.05) is 0 Å². The smallest absolute Gasteiger partial charge is 0.217 e.